The molecule has 0 atom stereocenters. The highest BCUT2D eigenvalue weighted by Gasteiger charge is 2.54. The minimum atomic E-state index is -3.06. The van der Waals surface area contributed by atoms with Gasteiger partial charge >= 0.3 is 6.43 Å². The van der Waals surface area contributed by atoms with Gasteiger partial charge in [-0.2, -0.15) is 8.78 Å². The van der Waals surface area contributed by atoms with Crippen molar-refractivity contribution < 1.29 is 23.2 Å². The summed E-state index contributed by atoms with van der Waals surface area (Å²) in [5.74, 6) is 3.36. The molecule has 1 saturated carbocycles. The summed E-state index contributed by atoms with van der Waals surface area (Å²) in [6.07, 6.45) is -2.79. The molecule has 27 heavy (non-hydrogen) atoms. The maximum atomic E-state index is 12.8. The molecule has 6 heteroatoms. The Morgan fingerprint density at radius 3 is 2.11 bits per heavy atom. The molecule has 1 spiro atoms. The molecule has 0 N–H and O–H groups in total. The van der Waals surface area contributed by atoms with Gasteiger partial charge in [0, 0.05) is 36.9 Å². The molecular weight excluding hydrogens is 352 g/mol. The van der Waals surface area contributed by atoms with Crippen LogP contribution in [0.4, 0.5) is 8.78 Å². The van der Waals surface area contributed by atoms with E-state index in [1.807, 2.05) is 26.0 Å². The molecule has 1 aromatic carbocycles. The van der Waals surface area contributed by atoms with Crippen molar-refractivity contribution in [3.05, 3.63) is 34.4 Å². The van der Waals surface area contributed by atoms with E-state index < -0.39 is 23.7 Å². The van der Waals surface area contributed by atoms with E-state index in [2.05, 4.69) is 11.8 Å². The van der Waals surface area contributed by atoms with Crippen molar-refractivity contribution >= 4 is 17.5 Å². The Bertz CT molecular complexity index is 845. The molecule has 1 aliphatic carbocycles. The molecule has 0 unspecified atom stereocenters. The Labute approximate surface area is 156 Å². The van der Waals surface area contributed by atoms with Gasteiger partial charge in [0.25, 0.3) is 5.91 Å². The second-order valence-corrected chi connectivity index (χ2v) is 7.61. The monoisotopic (exact) mass is 373 g/mol. The first-order valence-corrected chi connectivity index (χ1v) is 8.84. The molecular formula is C21H21F2NO3. The summed E-state index contributed by atoms with van der Waals surface area (Å²) in [6, 6.07) is 3.74. The fourth-order valence-corrected chi connectivity index (χ4v) is 4.43. The number of ketones is 2. The zero-order valence-corrected chi connectivity index (χ0v) is 15.6. The summed E-state index contributed by atoms with van der Waals surface area (Å²) in [6.45, 7) is 5.56. The molecule has 3 rings (SSSR count). The SMILES string of the molecule is CC#Cc1cc(C)c(C2C(=O)CC3(CC2=O)CN(C(=O)C(F)F)C3)c(C)c1. The fraction of sp³-hybridized carbons (Fsp3) is 0.476. The number of aryl methyl sites for hydroxylation is 2. The van der Waals surface area contributed by atoms with Crippen LogP contribution in [0.15, 0.2) is 12.1 Å². The molecule has 4 nitrogen and oxygen atoms in total. The van der Waals surface area contributed by atoms with Crippen LogP contribution in [0.5, 0.6) is 0 Å². The third-order valence-electron chi connectivity index (χ3n) is 5.45. The smallest absolute Gasteiger partial charge is 0.315 e. The van der Waals surface area contributed by atoms with Crippen molar-refractivity contribution in [3.63, 3.8) is 0 Å². The predicted molar refractivity (Wildman–Crippen MR) is 95.5 cm³/mol. The topological polar surface area (TPSA) is 54.5 Å². The number of amides is 1. The first-order chi connectivity index (χ1) is 12.7. The van der Waals surface area contributed by atoms with Crippen molar-refractivity contribution in [1.82, 2.24) is 4.90 Å². The molecule has 1 aliphatic heterocycles. The first-order valence-electron chi connectivity index (χ1n) is 8.84. The summed E-state index contributed by atoms with van der Waals surface area (Å²) < 4.78 is 25.1. The molecule has 1 amide bonds. The van der Waals surface area contributed by atoms with Gasteiger partial charge in [0.05, 0.1) is 0 Å². The predicted octanol–water partition coefficient (Wildman–Crippen LogP) is 2.78. The number of alkyl halides is 2. The largest absolute Gasteiger partial charge is 0.336 e. The van der Waals surface area contributed by atoms with Crippen molar-refractivity contribution in [2.24, 2.45) is 5.41 Å². The maximum Gasteiger partial charge on any atom is 0.315 e. The van der Waals surface area contributed by atoms with E-state index in [1.165, 1.54) is 0 Å². The first kappa shape index (κ1) is 19.2. The van der Waals surface area contributed by atoms with Gasteiger partial charge in [-0.25, -0.2) is 0 Å². The number of nitrogens with zero attached hydrogens (tertiary/aromatic N) is 1. The molecule has 2 aliphatic rings. The van der Waals surface area contributed by atoms with Crippen molar-refractivity contribution in [2.45, 2.75) is 46.0 Å². The highest BCUT2D eigenvalue weighted by atomic mass is 19.3. The van der Waals surface area contributed by atoms with Crippen LogP contribution in [0, 0.1) is 31.1 Å². The average molecular weight is 373 g/mol. The van der Waals surface area contributed by atoms with Gasteiger partial charge < -0.3 is 4.90 Å². The lowest BCUT2D eigenvalue weighted by Gasteiger charge is -2.52. The second-order valence-electron chi connectivity index (χ2n) is 7.61. The van der Waals surface area contributed by atoms with E-state index in [1.54, 1.807) is 6.92 Å². The standard InChI is InChI=1S/C21H21F2NO3/c1-4-5-14-6-12(2)17(13(3)7-14)18-15(25)8-21(9-16(18)26)10-24(11-21)20(27)19(22)23/h6-7,18-19H,8-11H2,1-3H3. The van der Waals surface area contributed by atoms with E-state index in [-0.39, 0.29) is 37.5 Å². The van der Waals surface area contributed by atoms with Crippen LogP contribution in [0.2, 0.25) is 0 Å². The number of benzene rings is 1. The lowest BCUT2D eigenvalue weighted by atomic mass is 9.63. The zero-order valence-electron chi connectivity index (χ0n) is 15.6. The number of hydrogen-bond acceptors (Lipinski definition) is 3. The van der Waals surface area contributed by atoms with Crippen LogP contribution in [0.3, 0.4) is 0 Å². The van der Waals surface area contributed by atoms with Crippen LogP contribution < -0.4 is 0 Å². The number of carbonyl (C=O) groups is 3. The van der Waals surface area contributed by atoms with E-state index in [9.17, 15) is 23.2 Å². The number of rotatable bonds is 2. The third-order valence-corrected chi connectivity index (χ3v) is 5.45. The minimum absolute atomic E-state index is 0.0450. The number of carbonyl (C=O) groups excluding carboxylic acids is 3. The zero-order chi connectivity index (χ0) is 19.9. The van der Waals surface area contributed by atoms with Gasteiger partial charge in [-0.05, 0) is 49.6 Å². The van der Waals surface area contributed by atoms with Crippen LogP contribution in [0.1, 0.15) is 47.9 Å². The molecule has 1 heterocycles. The average Bonchev–Trinajstić information content (AvgIpc) is 2.53. The van der Waals surface area contributed by atoms with Gasteiger partial charge in [-0.15, -0.1) is 5.92 Å². The van der Waals surface area contributed by atoms with Gasteiger partial charge in [0.2, 0.25) is 0 Å². The summed E-state index contributed by atoms with van der Waals surface area (Å²) in [5.41, 5.74) is 2.58. The second kappa shape index (κ2) is 6.88. The van der Waals surface area contributed by atoms with E-state index in [0.29, 0.717) is 0 Å². The van der Waals surface area contributed by atoms with Gasteiger partial charge in [0.1, 0.15) is 17.5 Å². The summed E-state index contributed by atoms with van der Waals surface area (Å²) >= 11 is 0. The van der Waals surface area contributed by atoms with Gasteiger partial charge in [-0.3, -0.25) is 14.4 Å². The Balaban J connectivity index is 1.82. The highest BCUT2D eigenvalue weighted by molar-refractivity contribution is 6.11. The quantitative estimate of drug-likeness (QED) is 0.592. The molecule has 0 bridgehead atoms. The lowest BCUT2D eigenvalue weighted by Crippen LogP contribution is -2.63. The maximum absolute atomic E-state index is 12.8. The number of halogens is 2. The molecule has 0 radical (unpaired) electrons. The minimum Gasteiger partial charge on any atom is -0.336 e. The molecule has 1 aromatic rings. The highest BCUT2D eigenvalue weighted by Crippen LogP contribution is 2.46. The van der Waals surface area contributed by atoms with Gasteiger partial charge in [0.15, 0.2) is 0 Å². The van der Waals surface area contributed by atoms with Crippen LogP contribution in [0.25, 0.3) is 0 Å². The number of likely N-dealkylation sites (tertiary alicyclic amines) is 1. The van der Waals surface area contributed by atoms with E-state index in [0.717, 1.165) is 27.2 Å². The summed E-state index contributed by atoms with van der Waals surface area (Å²) in [4.78, 5) is 38.1. The van der Waals surface area contributed by atoms with Crippen molar-refractivity contribution in [1.29, 1.82) is 0 Å². The van der Waals surface area contributed by atoms with Crippen LogP contribution >= 0.6 is 0 Å². The van der Waals surface area contributed by atoms with Crippen LogP contribution in [-0.4, -0.2) is 41.9 Å². The summed E-state index contributed by atoms with van der Waals surface area (Å²) in [5, 5.41) is 0. The normalized spacial score (nSPS) is 19.1. The molecule has 0 aromatic heterocycles. The van der Waals surface area contributed by atoms with Crippen molar-refractivity contribution in [2.75, 3.05) is 13.1 Å². The molecule has 142 valence electrons. The van der Waals surface area contributed by atoms with Gasteiger partial charge in [-0.1, -0.05) is 5.92 Å². The van der Waals surface area contributed by atoms with Crippen LogP contribution in [-0.2, 0) is 14.4 Å². The lowest BCUT2D eigenvalue weighted by molar-refractivity contribution is -0.162. The third kappa shape index (κ3) is 3.39. The number of Topliss-reactive ketones (excluding diaryl/α,β-unsaturated/α-hetero) is 2. The van der Waals surface area contributed by atoms with E-state index >= 15 is 0 Å². The Morgan fingerprint density at radius 1 is 1.15 bits per heavy atom. The fourth-order valence-electron chi connectivity index (χ4n) is 4.43. The van der Waals surface area contributed by atoms with E-state index in [4.69, 9.17) is 0 Å². The summed E-state index contributed by atoms with van der Waals surface area (Å²) in [7, 11) is 0. The van der Waals surface area contributed by atoms with Crippen molar-refractivity contribution in [3.8, 4) is 11.8 Å². The Hall–Kier alpha value is -2.55. The molecule has 1 saturated heterocycles. The molecule has 2 fully saturated rings. The number of hydrogen-bond donors (Lipinski definition) is 0. The Kier molecular flexibility index (Phi) is 4.90. The Morgan fingerprint density at radius 2 is 1.67 bits per heavy atom.